The number of allylic oxidation sites excluding steroid dienone is 1. The Labute approximate surface area is 162 Å². The largest absolute Gasteiger partial charge is 0.573 e. The summed E-state index contributed by atoms with van der Waals surface area (Å²) in [6, 6.07) is 7.65. The third-order valence-corrected chi connectivity index (χ3v) is 4.67. The number of hydrogen-bond acceptors (Lipinski definition) is 4. The van der Waals surface area contributed by atoms with Crippen LogP contribution in [0.3, 0.4) is 0 Å². The van der Waals surface area contributed by atoms with Crippen LogP contribution in [0.15, 0.2) is 42.6 Å². The zero-order valence-electron chi connectivity index (χ0n) is 15.9. The minimum Gasteiger partial charge on any atom is -0.406 e. The third kappa shape index (κ3) is 5.04. The van der Waals surface area contributed by atoms with E-state index in [0.29, 0.717) is 17.4 Å². The first-order valence-electron chi connectivity index (χ1n) is 9.37. The molecule has 150 valence electrons. The molecular formula is C21H24F3N3O. The standard InChI is InChI=1S/C21H24F3N3O/c1-3-4-5-18(15-12-25-13-15)19-14(2)10-11-26-20(19)27-16-6-8-17(9-7-16)28-21(22,23)24/h5-11,15,25H,3-4,12-13H2,1-2H3,(H,26,27)/b18-5-. The molecule has 0 radical (unpaired) electrons. The molecule has 1 fully saturated rings. The van der Waals surface area contributed by atoms with Gasteiger partial charge in [-0.25, -0.2) is 4.98 Å². The maximum Gasteiger partial charge on any atom is 0.573 e. The highest BCUT2D eigenvalue weighted by Crippen LogP contribution is 2.35. The Balaban J connectivity index is 1.87. The Bertz CT molecular complexity index is 828. The van der Waals surface area contributed by atoms with Crippen LogP contribution in [0.4, 0.5) is 24.7 Å². The molecular weight excluding hydrogens is 367 g/mol. The number of benzene rings is 1. The quantitative estimate of drug-likeness (QED) is 0.660. The van der Waals surface area contributed by atoms with Crippen molar-refractivity contribution in [3.05, 3.63) is 53.7 Å². The summed E-state index contributed by atoms with van der Waals surface area (Å²) >= 11 is 0. The van der Waals surface area contributed by atoms with E-state index in [1.54, 1.807) is 18.3 Å². The van der Waals surface area contributed by atoms with Gasteiger partial charge in [-0.05, 0) is 54.8 Å². The van der Waals surface area contributed by atoms with E-state index in [0.717, 1.165) is 37.1 Å². The van der Waals surface area contributed by atoms with Gasteiger partial charge in [-0.15, -0.1) is 13.2 Å². The number of ether oxygens (including phenoxy) is 1. The molecule has 0 unspecified atom stereocenters. The van der Waals surface area contributed by atoms with Crippen LogP contribution in [0, 0.1) is 12.8 Å². The Morgan fingerprint density at radius 2 is 1.96 bits per heavy atom. The van der Waals surface area contributed by atoms with Crippen molar-refractivity contribution in [1.29, 1.82) is 0 Å². The lowest BCUT2D eigenvalue weighted by atomic mass is 9.85. The average molecular weight is 391 g/mol. The molecule has 2 heterocycles. The molecule has 1 aliphatic rings. The van der Waals surface area contributed by atoms with Gasteiger partial charge in [0.15, 0.2) is 0 Å². The van der Waals surface area contributed by atoms with Gasteiger partial charge >= 0.3 is 6.36 Å². The number of unbranched alkanes of at least 4 members (excludes halogenated alkanes) is 1. The average Bonchev–Trinajstić information content (AvgIpc) is 2.58. The number of aromatic nitrogens is 1. The fourth-order valence-electron chi connectivity index (χ4n) is 3.18. The van der Waals surface area contributed by atoms with Gasteiger partial charge in [0.2, 0.25) is 0 Å². The van der Waals surface area contributed by atoms with E-state index in [1.165, 1.54) is 17.7 Å². The summed E-state index contributed by atoms with van der Waals surface area (Å²) < 4.78 is 40.9. The molecule has 0 saturated carbocycles. The monoisotopic (exact) mass is 391 g/mol. The SMILES string of the molecule is CCC/C=C(\c1c(C)ccnc1Nc1ccc(OC(F)(F)F)cc1)C1CNC1. The maximum atomic E-state index is 12.3. The molecule has 2 N–H and O–H groups in total. The van der Waals surface area contributed by atoms with Gasteiger partial charge in [0, 0.05) is 36.5 Å². The van der Waals surface area contributed by atoms with Crippen molar-refractivity contribution < 1.29 is 17.9 Å². The van der Waals surface area contributed by atoms with Gasteiger partial charge in [0.05, 0.1) is 0 Å². The normalized spacial score (nSPS) is 15.2. The summed E-state index contributed by atoms with van der Waals surface area (Å²) in [4.78, 5) is 4.50. The Morgan fingerprint density at radius 1 is 1.25 bits per heavy atom. The van der Waals surface area contributed by atoms with Crippen LogP contribution in [-0.2, 0) is 0 Å². The molecule has 1 aromatic heterocycles. The first-order valence-corrected chi connectivity index (χ1v) is 9.37. The Kier molecular flexibility index (Phi) is 6.24. The van der Waals surface area contributed by atoms with Crippen LogP contribution < -0.4 is 15.4 Å². The first kappa shape index (κ1) is 20.2. The fourth-order valence-corrected chi connectivity index (χ4v) is 3.18. The van der Waals surface area contributed by atoms with Crippen molar-refractivity contribution in [3.8, 4) is 5.75 Å². The molecule has 0 bridgehead atoms. The van der Waals surface area contributed by atoms with E-state index in [1.807, 2.05) is 13.0 Å². The molecule has 7 heteroatoms. The molecule has 0 atom stereocenters. The van der Waals surface area contributed by atoms with Crippen LogP contribution in [0.1, 0.15) is 30.9 Å². The summed E-state index contributed by atoms with van der Waals surface area (Å²) in [6.45, 7) is 6.07. The van der Waals surface area contributed by atoms with Gasteiger partial charge < -0.3 is 15.4 Å². The van der Waals surface area contributed by atoms with Crippen molar-refractivity contribution in [1.82, 2.24) is 10.3 Å². The highest BCUT2D eigenvalue weighted by Gasteiger charge is 2.31. The first-order chi connectivity index (χ1) is 13.4. The van der Waals surface area contributed by atoms with Gasteiger partial charge in [-0.2, -0.15) is 0 Å². The summed E-state index contributed by atoms with van der Waals surface area (Å²) in [5, 5.41) is 6.57. The van der Waals surface area contributed by atoms with Crippen LogP contribution in [-0.4, -0.2) is 24.4 Å². The smallest absolute Gasteiger partial charge is 0.406 e. The van der Waals surface area contributed by atoms with Crippen molar-refractivity contribution in [2.45, 2.75) is 33.1 Å². The number of alkyl halides is 3. The van der Waals surface area contributed by atoms with E-state index in [9.17, 15) is 13.2 Å². The van der Waals surface area contributed by atoms with Gasteiger partial charge in [-0.3, -0.25) is 0 Å². The second-order valence-corrected chi connectivity index (χ2v) is 6.85. The zero-order chi connectivity index (χ0) is 20.1. The number of nitrogens with zero attached hydrogens (tertiary/aromatic N) is 1. The minimum atomic E-state index is -4.70. The Hall–Kier alpha value is -2.54. The molecule has 2 aromatic rings. The highest BCUT2D eigenvalue weighted by molar-refractivity contribution is 5.80. The lowest BCUT2D eigenvalue weighted by Crippen LogP contribution is -2.42. The predicted octanol–water partition coefficient (Wildman–Crippen LogP) is 5.44. The fraction of sp³-hybridized carbons (Fsp3) is 0.381. The van der Waals surface area contributed by atoms with Crippen molar-refractivity contribution in [2.75, 3.05) is 18.4 Å². The number of aryl methyl sites for hydroxylation is 1. The molecule has 1 aliphatic heterocycles. The number of nitrogens with one attached hydrogen (secondary N) is 2. The van der Waals surface area contributed by atoms with Crippen molar-refractivity contribution in [2.24, 2.45) is 5.92 Å². The molecule has 0 aliphatic carbocycles. The zero-order valence-corrected chi connectivity index (χ0v) is 15.9. The van der Waals surface area contributed by atoms with E-state index < -0.39 is 6.36 Å². The number of halogens is 3. The summed E-state index contributed by atoms with van der Waals surface area (Å²) in [5.74, 6) is 0.899. The highest BCUT2D eigenvalue weighted by atomic mass is 19.4. The number of anilines is 2. The van der Waals surface area contributed by atoms with Crippen LogP contribution in [0.5, 0.6) is 5.75 Å². The third-order valence-electron chi connectivity index (χ3n) is 4.67. The van der Waals surface area contributed by atoms with Crippen LogP contribution in [0.25, 0.3) is 5.57 Å². The van der Waals surface area contributed by atoms with Crippen LogP contribution >= 0.6 is 0 Å². The molecule has 4 nitrogen and oxygen atoms in total. The molecule has 0 amide bonds. The molecule has 1 saturated heterocycles. The summed E-state index contributed by atoms with van der Waals surface area (Å²) in [6.07, 6.45) is 1.37. The van der Waals surface area contributed by atoms with Gasteiger partial charge in [-0.1, -0.05) is 19.4 Å². The van der Waals surface area contributed by atoms with E-state index in [4.69, 9.17) is 0 Å². The summed E-state index contributed by atoms with van der Waals surface area (Å²) in [7, 11) is 0. The second kappa shape index (κ2) is 8.65. The topological polar surface area (TPSA) is 46.2 Å². The van der Waals surface area contributed by atoms with E-state index >= 15 is 0 Å². The summed E-state index contributed by atoms with van der Waals surface area (Å²) in [5.41, 5.74) is 4.10. The minimum absolute atomic E-state index is 0.250. The molecule has 28 heavy (non-hydrogen) atoms. The lowest BCUT2D eigenvalue weighted by Gasteiger charge is -2.31. The maximum absolute atomic E-state index is 12.3. The number of hydrogen-bond donors (Lipinski definition) is 2. The van der Waals surface area contributed by atoms with E-state index in [2.05, 4.69) is 33.4 Å². The van der Waals surface area contributed by atoms with Crippen molar-refractivity contribution in [3.63, 3.8) is 0 Å². The van der Waals surface area contributed by atoms with Crippen molar-refractivity contribution >= 4 is 17.1 Å². The number of rotatable bonds is 7. The second-order valence-electron chi connectivity index (χ2n) is 6.85. The number of pyridine rings is 1. The molecule has 1 aromatic carbocycles. The van der Waals surface area contributed by atoms with Gasteiger partial charge in [0.1, 0.15) is 11.6 Å². The van der Waals surface area contributed by atoms with E-state index in [-0.39, 0.29) is 5.75 Å². The predicted molar refractivity (Wildman–Crippen MR) is 105 cm³/mol. The Morgan fingerprint density at radius 3 is 2.54 bits per heavy atom. The van der Waals surface area contributed by atoms with Gasteiger partial charge in [0.25, 0.3) is 0 Å². The lowest BCUT2D eigenvalue weighted by molar-refractivity contribution is -0.274. The molecule has 0 spiro atoms. The molecule has 3 rings (SSSR count). The van der Waals surface area contributed by atoms with Crippen LogP contribution in [0.2, 0.25) is 0 Å².